The first kappa shape index (κ1) is 24.5. The van der Waals surface area contributed by atoms with E-state index in [1.807, 2.05) is 26.0 Å². The second-order valence-electron chi connectivity index (χ2n) is 7.15. The number of aromatic nitrogens is 2. The van der Waals surface area contributed by atoms with Crippen LogP contribution in [0.2, 0.25) is 0 Å². The molecule has 2 heterocycles. The number of rotatable bonds is 10. The van der Waals surface area contributed by atoms with Gasteiger partial charge in [0.1, 0.15) is 16.5 Å². The van der Waals surface area contributed by atoms with E-state index in [0.29, 0.717) is 24.9 Å². The van der Waals surface area contributed by atoms with Gasteiger partial charge in [0.05, 0.1) is 16.2 Å². The lowest BCUT2D eigenvalue weighted by atomic mass is 10.1. The van der Waals surface area contributed by atoms with Crippen LogP contribution in [-0.2, 0) is 18.5 Å². The summed E-state index contributed by atoms with van der Waals surface area (Å²) in [7, 11) is 0. The fourth-order valence-electron chi connectivity index (χ4n) is 3.05. The molecule has 176 valence electrons. The van der Waals surface area contributed by atoms with E-state index in [2.05, 4.69) is 20.8 Å². The lowest BCUT2D eigenvalue weighted by Crippen LogP contribution is -2.22. The van der Waals surface area contributed by atoms with Crippen LogP contribution in [0.4, 0.5) is 24.5 Å². The maximum absolute atomic E-state index is 12.8. The molecule has 8 nitrogen and oxygen atoms in total. The maximum atomic E-state index is 12.8. The second kappa shape index (κ2) is 10.7. The van der Waals surface area contributed by atoms with Crippen molar-refractivity contribution in [3.63, 3.8) is 0 Å². The number of halogens is 3. The molecule has 3 rings (SSSR count). The lowest BCUT2D eigenvalue weighted by Gasteiger charge is -2.12. The van der Waals surface area contributed by atoms with Gasteiger partial charge in [-0.1, -0.05) is 11.2 Å². The minimum atomic E-state index is -4.64. The highest BCUT2D eigenvalue weighted by Gasteiger charge is 2.33. The number of thioether (sulfide) groups is 1. The quantitative estimate of drug-likeness (QED) is 0.178. The number of nitro groups is 1. The SMILES string of the molecule is Cc1noc(C)c1CSc1ncccc1CNCCNc1ccc(C(F)(F)F)cc1[N+](=O)[O-]. The molecule has 3 aromatic rings. The predicted molar refractivity (Wildman–Crippen MR) is 118 cm³/mol. The molecule has 2 aromatic heterocycles. The number of hydrogen-bond donors (Lipinski definition) is 2. The molecule has 33 heavy (non-hydrogen) atoms. The fourth-order valence-corrected chi connectivity index (χ4v) is 4.21. The minimum absolute atomic E-state index is 0.0342. The smallest absolute Gasteiger partial charge is 0.378 e. The number of nitro benzene ring substituents is 1. The molecule has 0 amide bonds. The van der Waals surface area contributed by atoms with Gasteiger partial charge in [0.15, 0.2) is 0 Å². The molecule has 0 saturated heterocycles. The Kier molecular flexibility index (Phi) is 7.92. The van der Waals surface area contributed by atoms with Gasteiger partial charge in [0.2, 0.25) is 0 Å². The van der Waals surface area contributed by atoms with Crippen LogP contribution in [0.5, 0.6) is 0 Å². The van der Waals surface area contributed by atoms with Crippen LogP contribution in [0.1, 0.15) is 28.1 Å². The van der Waals surface area contributed by atoms with Gasteiger partial charge >= 0.3 is 6.18 Å². The van der Waals surface area contributed by atoms with Crippen molar-refractivity contribution in [1.29, 1.82) is 0 Å². The van der Waals surface area contributed by atoms with Crippen LogP contribution in [0, 0.1) is 24.0 Å². The van der Waals surface area contributed by atoms with Crippen LogP contribution in [-0.4, -0.2) is 28.2 Å². The third-order valence-corrected chi connectivity index (χ3v) is 5.91. The van der Waals surface area contributed by atoms with Gasteiger partial charge in [-0.25, -0.2) is 4.98 Å². The molecule has 12 heteroatoms. The zero-order valence-electron chi connectivity index (χ0n) is 17.9. The molecule has 1 aromatic carbocycles. The van der Waals surface area contributed by atoms with Crippen molar-refractivity contribution in [1.82, 2.24) is 15.5 Å². The first-order valence-corrected chi connectivity index (χ1v) is 10.9. The molecular formula is C21H22F3N5O3S. The molecule has 0 fully saturated rings. The summed E-state index contributed by atoms with van der Waals surface area (Å²) >= 11 is 1.57. The molecule has 0 radical (unpaired) electrons. The van der Waals surface area contributed by atoms with Crippen LogP contribution >= 0.6 is 11.8 Å². The highest BCUT2D eigenvalue weighted by Crippen LogP contribution is 2.35. The number of benzene rings is 1. The number of nitrogens with one attached hydrogen (secondary N) is 2. The van der Waals surface area contributed by atoms with Crippen molar-refractivity contribution in [2.45, 2.75) is 37.3 Å². The molecule has 0 unspecified atom stereocenters. The predicted octanol–water partition coefficient (Wildman–Crippen LogP) is 5.11. The van der Waals surface area contributed by atoms with Crippen LogP contribution in [0.25, 0.3) is 0 Å². The summed E-state index contributed by atoms with van der Waals surface area (Å²) in [5, 5.41) is 22.0. The molecule has 0 aliphatic heterocycles. The summed E-state index contributed by atoms with van der Waals surface area (Å²) in [6.07, 6.45) is -2.93. The van der Waals surface area contributed by atoms with Crippen LogP contribution < -0.4 is 10.6 Å². The van der Waals surface area contributed by atoms with E-state index < -0.39 is 22.4 Å². The molecule has 0 atom stereocenters. The van der Waals surface area contributed by atoms with E-state index in [4.69, 9.17) is 4.52 Å². The van der Waals surface area contributed by atoms with Gasteiger partial charge in [0.25, 0.3) is 5.69 Å². The van der Waals surface area contributed by atoms with Crippen molar-refractivity contribution in [2.24, 2.45) is 0 Å². The van der Waals surface area contributed by atoms with Crippen molar-refractivity contribution in [3.8, 4) is 0 Å². The summed E-state index contributed by atoms with van der Waals surface area (Å²) in [6, 6.07) is 6.21. The maximum Gasteiger partial charge on any atom is 0.416 e. The van der Waals surface area contributed by atoms with Crippen molar-refractivity contribution < 1.29 is 22.6 Å². The zero-order chi connectivity index (χ0) is 24.0. The molecule has 0 aliphatic carbocycles. The van der Waals surface area contributed by atoms with Gasteiger partial charge in [0, 0.05) is 43.2 Å². The first-order chi connectivity index (χ1) is 15.7. The Bertz CT molecular complexity index is 1100. The second-order valence-corrected chi connectivity index (χ2v) is 8.11. The van der Waals surface area contributed by atoms with E-state index in [9.17, 15) is 23.3 Å². The highest BCUT2D eigenvalue weighted by atomic mass is 32.2. The number of aryl methyl sites for hydroxylation is 2. The third-order valence-electron chi connectivity index (χ3n) is 4.84. The summed E-state index contributed by atoms with van der Waals surface area (Å²) in [5.74, 6) is 1.45. The Morgan fingerprint density at radius 3 is 2.67 bits per heavy atom. The lowest BCUT2D eigenvalue weighted by molar-refractivity contribution is -0.384. The molecule has 0 saturated carbocycles. The Hall–Kier alpha value is -3.12. The Morgan fingerprint density at radius 2 is 2.00 bits per heavy atom. The van der Waals surface area contributed by atoms with Crippen molar-refractivity contribution in [2.75, 3.05) is 18.4 Å². The largest absolute Gasteiger partial charge is 0.416 e. The number of anilines is 1. The van der Waals surface area contributed by atoms with E-state index >= 15 is 0 Å². The highest BCUT2D eigenvalue weighted by molar-refractivity contribution is 7.98. The summed E-state index contributed by atoms with van der Waals surface area (Å²) in [5.41, 5.74) is 1.22. The molecular weight excluding hydrogens is 459 g/mol. The van der Waals surface area contributed by atoms with Gasteiger partial charge in [-0.2, -0.15) is 13.2 Å². The van der Waals surface area contributed by atoms with E-state index in [1.54, 1.807) is 18.0 Å². The molecule has 2 N–H and O–H groups in total. The first-order valence-electron chi connectivity index (χ1n) is 9.95. The van der Waals surface area contributed by atoms with E-state index in [1.165, 1.54) is 0 Å². The number of pyridine rings is 1. The number of nitrogens with zero attached hydrogens (tertiary/aromatic N) is 3. The monoisotopic (exact) mass is 481 g/mol. The molecule has 0 aliphatic rings. The molecule has 0 spiro atoms. The van der Waals surface area contributed by atoms with E-state index in [0.717, 1.165) is 39.7 Å². The van der Waals surface area contributed by atoms with Crippen LogP contribution in [0.3, 0.4) is 0 Å². The Balaban J connectivity index is 1.53. The average Bonchev–Trinajstić information content (AvgIpc) is 3.09. The average molecular weight is 482 g/mol. The van der Waals surface area contributed by atoms with Crippen molar-refractivity contribution >= 4 is 23.1 Å². The summed E-state index contributed by atoms with van der Waals surface area (Å²) in [4.78, 5) is 14.8. The van der Waals surface area contributed by atoms with Gasteiger partial charge in [-0.3, -0.25) is 10.1 Å². The minimum Gasteiger partial charge on any atom is -0.378 e. The topological polar surface area (TPSA) is 106 Å². The summed E-state index contributed by atoms with van der Waals surface area (Å²) < 4.78 is 43.6. The Morgan fingerprint density at radius 1 is 1.21 bits per heavy atom. The Labute approximate surface area is 192 Å². The fraction of sp³-hybridized carbons (Fsp3) is 0.333. The standard InChI is InChI=1S/C21H22F3N5O3S/c1-13-17(14(2)32-28-13)12-33-20-15(4-3-7-27-20)11-25-8-9-26-18-6-5-16(21(22,23)24)10-19(18)29(30)31/h3-7,10,25-26H,8-9,11-12H2,1-2H3. The normalized spacial score (nSPS) is 11.5. The van der Waals surface area contributed by atoms with Gasteiger partial charge < -0.3 is 15.2 Å². The number of alkyl halides is 3. The number of hydrogen-bond acceptors (Lipinski definition) is 8. The van der Waals surface area contributed by atoms with Crippen molar-refractivity contribution in [3.05, 3.63) is 74.8 Å². The third kappa shape index (κ3) is 6.45. The summed E-state index contributed by atoms with van der Waals surface area (Å²) in [6.45, 7) is 4.98. The van der Waals surface area contributed by atoms with Crippen LogP contribution in [0.15, 0.2) is 46.1 Å². The van der Waals surface area contributed by atoms with Gasteiger partial charge in [-0.15, -0.1) is 11.8 Å². The zero-order valence-corrected chi connectivity index (χ0v) is 18.7. The van der Waals surface area contributed by atoms with Gasteiger partial charge in [-0.05, 0) is 37.6 Å². The molecule has 0 bridgehead atoms. The van der Waals surface area contributed by atoms with E-state index in [-0.39, 0.29) is 12.2 Å².